The van der Waals surface area contributed by atoms with Crippen molar-refractivity contribution < 1.29 is 4.79 Å². The maximum Gasteiger partial charge on any atom is 0.312 e. The molecule has 5 N–H and O–H groups in total. The number of hydrogen-bond donors (Lipinski definition) is 4. The molecule has 0 saturated heterocycles. The zero-order valence-corrected chi connectivity index (χ0v) is 19.5. The minimum atomic E-state index is -0.583. The van der Waals surface area contributed by atoms with E-state index in [9.17, 15) is 9.59 Å². The summed E-state index contributed by atoms with van der Waals surface area (Å²) in [5, 5.41) is 8.01. The Labute approximate surface area is 199 Å². The highest BCUT2D eigenvalue weighted by molar-refractivity contribution is 6.39. The number of imidazole rings is 1. The Morgan fingerprint density at radius 1 is 1.21 bits per heavy atom. The monoisotopic (exact) mass is 484 g/mol. The molecule has 0 bridgehead atoms. The van der Waals surface area contributed by atoms with Crippen molar-refractivity contribution in [1.82, 2.24) is 19.9 Å². The third kappa shape index (κ3) is 4.40. The van der Waals surface area contributed by atoms with Gasteiger partial charge in [0, 0.05) is 25.7 Å². The van der Waals surface area contributed by atoms with Gasteiger partial charge in [-0.1, -0.05) is 47.5 Å². The van der Waals surface area contributed by atoms with E-state index in [0.717, 1.165) is 16.6 Å². The fraction of sp³-hybridized carbons (Fsp3) is 0.174. The number of allylic oxidation sites excluding steroid dienone is 1. The van der Waals surface area contributed by atoms with Crippen molar-refractivity contribution in [2.24, 2.45) is 12.8 Å². The first kappa shape index (κ1) is 22.7. The van der Waals surface area contributed by atoms with Crippen molar-refractivity contribution in [3.05, 3.63) is 74.1 Å². The average molecular weight is 485 g/mol. The summed E-state index contributed by atoms with van der Waals surface area (Å²) in [6.45, 7) is 2.29. The SMILES string of the molecule is Cc1c(CC=CCNC(N)=O)[nH]c(=O)c2c1ccc1nc(Nc3c(Cl)cccc3Cl)n(C)c12. The van der Waals surface area contributed by atoms with E-state index in [0.29, 0.717) is 51.1 Å². The number of H-pyrrole nitrogens is 1. The predicted molar refractivity (Wildman–Crippen MR) is 134 cm³/mol. The number of nitrogens with one attached hydrogen (secondary N) is 3. The molecule has 0 spiro atoms. The molecule has 33 heavy (non-hydrogen) atoms. The van der Waals surface area contributed by atoms with Crippen LogP contribution in [0.3, 0.4) is 0 Å². The number of pyridine rings is 1. The van der Waals surface area contributed by atoms with Gasteiger partial charge in [0.25, 0.3) is 5.56 Å². The number of aromatic amines is 1. The topological polar surface area (TPSA) is 118 Å². The quantitative estimate of drug-likeness (QED) is 0.300. The number of halogens is 2. The first-order valence-corrected chi connectivity index (χ1v) is 10.9. The van der Waals surface area contributed by atoms with E-state index in [1.807, 2.05) is 36.7 Å². The van der Waals surface area contributed by atoms with Crippen LogP contribution in [0.15, 0.2) is 47.3 Å². The van der Waals surface area contributed by atoms with Crippen molar-refractivity contribution in [2.45, 2.75) is 13.3 Å². The summed E-state index contributed by atoms with van der Waals surface area (Å²) in [7, 11) is 1.83. The first-order valence-electron chi connectivity index (χ1n) is 10.2. The van der Waals surface area contributed by atoms with Crippen LogP contribution >= 0.6 is 23.2 Å². The molecule has 2 aromatic heterocycles. The van der Waals surface area contributed by atoms with Crippen molar-refractivity contribution in [1.29, 1.82) is 0 Å². The fourth-order valence-corrected chi connectivity index (χ4v) is 4.28. The lowest BCUT2D eigenvalue weighted by atomic mass is 10.0. The minimum absolute atomic E-state index is 0.204. The summed E-state index contributed by atoms with van der Waals surface area (Å²) >= 11 is 12.6. The van der Waals surface area contributed by atoms with E-state index < -0.39 is 6.03 Å². The lowest BCUT2D eigenvalue weighted by molar-refractivity contribution is 0.250. The molecule has 0 atom stereocenters. The van der Waals surface area contributed by atoms with Gasteiger partial charge in [0.05, 0.1) is 32.2 Å². The van der Waals surface area contributed by atoms with E-state index in [2.05, 4.69) is 20.6 Å². The van der Waals surface area contributed by atoms with E-state index in [-0.39, 0.29) is 5.56 Å². The van der Waals surface area contributed by atoms with Gasteiger partial charge in [-0.25, -0.2) is 9.78 Å². The molecule has 0 aliphatic carbocycles. The molecule has 0 saturated carbocycles. The third-order valence-electron chi connectivity index (χ3n) is 5.47. The normalized spacial score (nSPS) is 11.5. The molecule has 170 valence electrons. The molecule has 10 heteroatoms. The number of fused-ring (bicyclic) bond motifs is 3. The fourth-order valence-electron chi connectivity index (χ4n) is 3.79. The molecule has 0 aliphatic heterocycles. The number of hydrogen-bond acceptors (Lipinski definition) is 4. The lowest BCUT2D eigenvalue weighted by Gasteiger charge is -2.11. The van der Waals surface area contributed by atoms with E-state index in [1.165, 1.54) is 0 Å². The smallest absolute Gasteiger partial charge is 0.312 e. The standard InChI is InChI=1S/C23H22Cl2N6O2/c1-12-13-9-10-17-20(18(13)21(32)28-16(12)8-3-4-11-27-22(26)33)31(2)23(29-17)30-19-14(24)6-5-7-15(19)25/h3-7,9-10H,8,11H2,1-2H3,(H,28,32)(H,29,30)(H3,26,27,33). The minimum Gasteiger partial charge on any atom is -0.352 e. The number of nitrogens with two attached hydrogens (primary N) is 1. The van der Waals surface area contributed by atoms with Crippen molar-refractivity contribution in [3.63, 3.8) is 0 Å². The number of nitrogens with zero attached hydrogens (tertiary/aromatic N) is 2. The van der Waals surface area contributed by atoms with Crippen LogP contribution in [0, 0.1) is 6.92 Å². The number of aryl methyl sites for hydroxylation is 2. The highest BCUT2D eigenvalue weighted by Gasteiger charge is 2.17. The molecule has 2 heterocycles. The lowest BCUT2D eigenvalue weighted by Crippen LogP contribution is -2.29. The Balaban J connectivity index is 1.76. The zero-order valence-electron chi connectivity index (χ0n) is 18.0. The van der Waals surface area contributed by atoms with Gasteiger partial charge in [0.2, 0.25) is 5.95 Å². The second kappa shape index (κ2) is 9.17. The van der Waals surface area contributed by atoms with Crippen LogP contribution in [0.5, 0.6) is 0 Å². The number of rotatable bonds is 6. The van der Waals surface area contributed by atoms with E-state index in [1.54, 1.807) is 24.3 Å². The van der Waals surface area contributed by atoms with Crippen molar-refractivity contribution >= 4 is 62.7 Å². The van der Waals surface area contributed by atoms with Gasteiger partial charge in [-0.2, -0.15) is 0 Å². The summed E-state index contributed by atoms with van der Waals surface area (Å²) in [5.74, 6) is 0.513. The molecule has 8 nitrogen and oxygen atoms in total. The summed E-state index contributed by atoms with van der Waals surface area (Å²) in [6.07, 6.45) is 4.17. The molecule has 2 amide bonds. The van der Waals surface area contributed by atoms with Gasteiger partial charge < -0.3 is 25.9 Å². The number of carbonyl (C=O) groups is 1. The predicted octanol–water partition coefficient (Wildman–Crippen LogP) is 4.54. The van der Waals surface area contributed by atoms with Gasteiger partial charge in [0.15, 0.2) is 0 Å². The number of benzene rings is 2. The Bertz CT molecular complexity index is 1450. The van der Waals surface area contributed by atoms with Crippen LogP contribution in [0.25, 0.3) is 21.8 Å². The molecule has 0 aliphatic rings. The Morgan fingerprint density at radius 3 is 2.64 bits per heavy atom. The highest BCUT2D eigenvalue weighted by atomic mass is 35.5. The number of carbonyl (C=O) groups excluding carboxylic acids is 1. The highest BCUT2D eigenvalue weighted by Crippen LogP contribution is 2.34. The van der Waals surface area contributed by atoms with Crippen LogP contribution in [0.1, 0.15) is 11.3 Å². The van der Waals surface area contributed by atoms with E-state index >= 15 is 0 Å². The number of amides is 2. The van der Waals surface area contributed by atoms with Gasteiger partial charge in [-0.15, -0.1) is 0 Å². The molecule has 4 rings (SSSR count). The van der Waals surface area contributed by atoms with E-state index in [4.69, 9.17) is 28.9 Å². The Morgan fingerprint density at radius 2 is 1.94 bits per heavy atom. The maximum atomic E-state index is 13.1. The Hall–Kier alpha value is -3.49. The number of urea groups is 1. The van der Waals surface area contributed by atoms with Gasteiger partial charge in [-0.05, 0) is 36.1 Å². The molecule has 0 radical (unpaired) electrons. The maximum absolute atomic E-state index is 13.1. The summed E-state index contributed by atoms with van der Waals surface area (Å²) in [6, 6.07) is 8.45. The van der Waals surface area contributed by atoms with Crippen molar-refractivity contribution in [3.8, 4) is 0 Å². The van der Waals surface area contributed by atoms with Gasteiger partial charge in [-0.3, -0.25) is 4.79 Å². The number of anilines is 2. The summed E-state index contributed by atoms with van der Waals surface area (Å²) < 4.78 is 1.82. The zero-order chi connectivity index (χ0) is 23.7. The van der Waals surface area contributed by atoms with Crippen LogP contribution in [0.2, 0.25) is 10.0 Å². The van der Waals surface area contributed by atoms with Crippen LogP contribution < -0.4 is 21.9 Å². The molecular weight excluding hydrogens is 463 g/mol. The first-order chi connectivity index (χ1) is 15.8. The number of primary amides is 1. The average Bonchev–Trinajstić information content (AvgIpc) is 3.08. The molecule has 4 aromatic rings. The number of aromatic nitrogens is 3. The van der Waals surface area contributed by atoms with Crippen LogP contribution in [0.4, 0.5) is 16.4 Å². The Kier molecular flexibility index (Phi) is 6.31. The molecule has 2 aromatic carbocycles. The molecule has 0 fully saturated rings. The van der Waals surface area contributed by atoms with Gasteiger partial charge >= 0.3 is 6.03 Å². The third-order valence-corrected chi connectivity index (χ3v) is 6.10. The van der Waals surface area contributed by atoms with Crippen molar-refractivity contribution in [2.75, 3.05) is 11.9 Å². The molecular formula is C23H22Cl2N6O2. The van der Waals surface area contributed by atoms with Gasteiger partial charge in [0.1, 0.15) is 0 Å². The summed E-state index contributed by atoms with van der Waals surface area (Å²) in [4.78, 5) is 31.5. The largest absolute Gasteiger partial charge is 0.352 e. The molecule has 0 unspecified atom stereocenters. The van der Waals surface area contributed by atoms with Crippen LogP contribution in [-0.4, -0.2) is 27.1 Å². The summed E-state index contributed by atoms with van der Waals surface area (Å²) in [5.41, 5.74) is 8.53. The number of para-hydroxylation sites is 1. The van der Waals surface area contributed by atoms with Crippen LogP contribution in [-0.2, 0) is 13.5 Å². The second-order valence-corrected chi connectivity index (χ2v) is 8.36. The second-order valence-electron chi connectivity index (χ2n) is 7.55.